The second kappa shape index (κ2) is 5.43. The number of carbonyl (C=O) groups excluding carboxylic acids is 1. The first-order valence-electron chi connectivity index (χ1n) is 7.41. The Kier molecular flexibility index (Phi) is 3.62. The Bertz CT molecular complexity index is 690. The Balaban J connectivity index is 1.95. The summed E-state index contributed by atoms with van der Waals surface area (Å²) < 4.78 is 13.3. The van der Waals surface area contributed by atoms with Crippen molar-refractivity contribution in [1.29, 1.82) is 0 Å². The van der Waals surface area contributed by atoms with Gasteiger partial charge in [0.2, 0.25) is 0 Å². The molecular formula is C17H19FN2O. The van der Waals surface area contributed by atoms with Crippen LogP contribution in [0.5, 0.6) is 0 Å². The van der Waals surface area contributed by atoms with Gasteiger partial charge in [-0.05, 0) is 49.9 Å². The van der Waals surface area contributed by atoms with Gasteiger partial charge >= 0.3 is 0 Å². The van der Waals surface area contributed by atoms with Crippen molar-refractivity contribution in [3.8, 4) is 0 Å². The van der Waals surface area contributed by atoms with Crippen LogP contribution in [0.1, 0.15) is 35.8 Å². The van der Waals surface area contributed by atoms with Crippen molar-refractivity contribution < 1.29 is 9.18 Å². The number of piperidine rings is 1. The van der Waals surface area contributed by atoms with Crippen LogP contribution >= 0.6 is 0 Å². The number of fused-ring (bicyclic) bond motifs is 1. The van der Waals surface area contributed by atoms with E-state index in [2.05, 4.69) is 11.9 Å². The van der Waals surface area contributed by atoms with Gasteiger partial charge in [0.25, 0.3) is 5.91 Å². The summed E-state index contributed by atoms with van der Waals surface area (Å²) >= 11 is 0. The molecule has 0 atom stereocenters. The molecular weight excluding hydrogens is 267 g/mol. The molecule has 1 aliphatic rings. The van der Waals surface area contributed by atoms with E-state index in [4.69, 9.17) is 0 Å². The highest BCUT2D eigenvalue weighted by Crippen LogP contribution is 2.22. The number of aromatic nitrogens is 1. The molecule has 0 radical (unpaired) electrons. The van der Waals surface area contributed by atoms with E-state index >= 15 is 0 Å². The van der Waals surface area contributed by atoms with Crippen molar-refractivity contribution in [2.75, 3.05) is 13.1 Å². The molecule has 1 aromatic heterocycles. The molecule has 0 bridgehead atoms. The Morgan fingerprint density at radius 3 is 2.71 bits per heavy atom. The van der Waals surface area contributed by atoms with Crippen LogP contribution in [0, 0.1) is 18.7 Å². The minimum Gasteiger partial charge on any atom is -0.339 e. The fraction of sp³-hybridized carbons (Fsp3) is 0.412. The van der Waals surface area contributed by atoms with E-state index in [1.54, 1.807) is 12.1 Å². The number of amides is 1. The molecule has 2 heterocycles. The molecule has 0 saturated carbocycles. The maximum absolute atomic E-state index is 13.3. The number of carbonyl (C=O) groups is 1. The lowest BCUT2D eigenvalue weighted by atomic mass is 9.98. The zero-order chi connectivity index (χ0) is 15.0. The van der Waals surface area contributed by atoms with Gasteiger partial charge in [0, 0.05) is 18.5 Å². The maximum Gasteiger partial charge on any atom is 0.255 e. The van der Waals surface area contributed by atoms with E-state index in [1.807, 2.05) is 11.8 Å². The van der Waals surface area contributed by atoms with Crippen LogP contribution in [0.3, 0.4) is 0 Å². The fourth-order valence-electron chi connectivity index (χ4n) is 2.84. The standard InChI is InChI=1S/C17H19FN2O/c1-11-5-7-20(8-6-11)17(21)15-10-13-9-14(18)3-4-16(13)19-12(15)2/h3-4,9-11H,5-8H2,1-2H3. The van der Waals surface area contributed by atoms with Gasteiger partial charge in [0.1, 0.15) is 5.82 Å². The van der Waals surface area contributed by atoms with Crippen molar-refractivity contribution in [3.05, 3.63) is 41.3 Å². The average molecular weight is 286 g/mol. The van der Waals surface area contributed by atoms with Gasteiger partial charge in [-0.3, -0.25) is 9.78 Å². The summed E-state index contributed by atoms with van der Waals surface area (Å²) in [5.41, 5.74) is 2.01. The Labute approximate surface area is 123 Å². The van der Waals surface area contributed by atoms with Crippen LogP contribution in [0.4, 0.5) is 4.39 Å². The minimum atomic E-state index is -0.307. The second-order valence-electron chi connectivity index (χ2n) is 5.93. The highest BCUT2D eigenvalue weighted by molar-refractivity contribution is 5.98. The number of rotatable bonds is 1. The predicted octanol–water partition coefficient (Wildman–Crippen LogP) is 3.55. The minimum absolute atomic E-state index is 0.0121. The molecule has 21 heavy (non-hydrogen) atoms. The van der Waals surface area contributed by atoms with Crippen molar-refractivity contribution in [3.63, 3.8) is 0 Å². The molecule has 0 spiro atoms. The first-order valence-corrected chi connectivity index (χ1v) is 7.41. The molecule has 1 aliphatic heterocycles. The van der Waals surface area contributed by atoms with Gasteiger partial charge < -0.3 is 4.90 Å². The number of benzene rings is 1. The number of aryl methyl sites for hydroxylation is 1. The van der Waals surface area contributed by atoms with Crippen molar-refractivity contribution in [2.24, 2.45) is 5.92 Å². The first kappa shape index (κ1) is 14.0. The summed E-state index contributed by atoms with van der Waals surface area (Å²) in [5, 5.41) is 0.675. The molecule has 0 unspecified atom stereocenters. The van der Waals surface area contributed by atoms with Crippen molar-refractivity contribution in [1.82, 2.24) is 9.88 Å². The lowest BCUT2D eigenvalue weighted by molar-refractivity contribution is 0.0696. The number of hydrogen-bond acceptors (Lipinski definition) is 2. The highest BCUT2D eigenvalue weighted by atomic mass is 19.1. The van der Waals surface area contributed by atoms with Gasteiger partial charge in [-0.2, -0.15) is 0 Å². The lowest BCUT2D eigenvalue weighted by Crippen LogP contribution is -2.38. The Morgan fingerprint density at radius 2 is 2.00 bits per heavy atom. The summed E-state index contributed by atoms with van der Waals surface area (Å²) in [4.78, 5) is 19.0. The van der Waals surface area contributed by atoms with Gasteiger partial charge in [-0.1, -0.05) is 6.92 Å². The second-order valence-corrected chi connectivity index (χ2v) is 5.93. The Morgan fingerprint density at radius 1 is 1.29 bits per heavy atom. The summed E-state index contributed by atoms with van der Waals surface area (Å²) in [6.45, 7) is 5.64. The zero-order valence-electron chi connectivity index (χ0n) is 12.4. The normalized spacial score (nSPS) is 16.4. The predicted molar refractivity (Wildman–Crippen MR) is 80.7 cm³/mol. The molecule has 0 N–H and O–H groups in total. The van der Waals surface area contributed by atoms with Gasteiger partial charge in [0.05, 0.1) is 16.8 Å². The number of likely N-dealkylation sites (tertiary alicyclic amines) is 1. The third kappa shape index (κ3) is 2.75. The highest BCUT2D eigenvalue weighted by Gasteiger charge is 2.23. The molecule has 3 rings (SSSR count). The summed E-state index contributed by atoms with van der Waals surface area (Å²) in [7, 11) is 0. The monoisotopic (exact) mass is 286 g/mol. The smallest absolute Gasteiger partial charge is 0.255 e. The Hall–Kier alpha value is -1.97. The fourth-order valence-corrected chi connectivity index (χ4v) is 2.84. The molecule has 2 aromatic rings. The summed E-state index contributed by atoms with van der Waals surface area (Å²) in [6.07, 6.45) is 2.08. The SMILES string of the molecule is Cc1nc2ccc(F)cc2cc1C(=O)N1CCC(C)CC1. The maximum atomic E-state index is 13.3. The van der Waals surface area contributed by atoms with Crippen LogP contribution in [-0.2, 0) is 0 Å². The largest absolute Gasteiger partial charge is 0.339 e. The van der Waals surface area contributed by atoms with Crippen LogP contribution in [0.25, 0.3) is 10.9 Å². The first-order chi connectivity index (χ1) is 10.0. The number of hydrogen-bond donors (Lipinski definition) is 0. The van der Waals surface area contributed by atoms with Crippen LogP contribution in [-0.4, -0.2) is 28.9 Å². The van der Waals surface area contributed by atoms with Crippen molar-refractivity contribution in [2.45, 2.75) is 26.7 Å². The van der Waals surface area contributed by atoms with E-state index in [0.717, 1.165) is 31.4 Å². The molecule has 3 nitrogen and oxygen atoms in total. The molecule has 0 aliphatic carbocycles. The van der Waals surface area contributed by atoms with Gasteiger partial charge in [-0.25, -0.2) is 4.39 Å². The topological polar surface area (TPSA) is 33.2 Å². The van der Waals surface area contributed by atoms with E-state index in [1.165, 1.54) is 12.1 Å². The average Bonchev–Trinajstić information content (AvgIpc) is 2.47. The summed E-state index contributed by atoms with van der Waals surface area (Å²) in [5.74, 6) is 0.385. The van der Waals surface area contributed by atoms with Crippen molar-refractivity contribution >= 4 is 16.8 Å². The third-order valence-electron chi connectivity index (χ3n) is 4.27. The number of pyridine rings is 1. The van der Waals surface area contributed by atoms with E-state index in [-0.39, 0.29) is 11.7 Å². The molecule has 4 heteroatoms. The van der Waals surface area contributed by atoms with E-state index in [9.17, 15) is 9.18 Å². The van der Waals surface area contributed by atoms with Crippen LogP contribution in [0.2, 0.25) is 0 Å². The molecule has 110 valence electrons. The molecule has 1 aromatic carbocycles. The zero-order valence-corrected chi connectivity index (χ0v) is 12.4. The molecule has 1 saturated heterocycles. The van der Waals surface area contributed by atoms with Crippen LogP contribution in [0.15, 0.2) is 24.3 Å². The number of halogens is 1. The van der Waals surface area contributed by atoms with E-state index < -0.39 is 0 Å². The third-order valence-corrected chi connectivity index (χ3v) is 4.27. The van der Waals surface area contributed by atoms with Gasteiger partial charge in [-0.15, -0.1) is 0 Å². The van der Waals surface area contributed by atoms with Crippen LogP contribution < -0.4 is 0 Å². The van der Waals surface area contributed by atoms with E-state index in [0.29, 0.717) is 22.6 Å². The summed E-state index contributed by atoms with van der Waals surface area (Å²) in [6, 6.07) is 6.23. The quantitative estimate of drug-likeness (QED) is 0.803. The molecule has 1 amide bonds. The molecule has 1 fully saturated rings. The number of nitrogens with zero attached hydrogens (tertiary/aromatic N) is 2. The van der Waals surface area contributed by atoms with Gasteiger partial charge in [0.15, 0.2) is 0 Å². The lowest BCUT2D eigenvalue weighted by Gasteiger charge is -2.30.